The van der Waals surface area contributed by atoms with Crippen LogP contribution in [0.25, 0.3) is 0 Å². The number of benzene rings is 2. The molecule has 4 rings (SSSR count). The van der Waals surface area contributed by atoms with Crippen LogP contribution < -0.4 is 4.90 Å². The predicted octanol–water partition coefficient (Wildman–Crippen LogP) is 5.03. The molecule has 1 aliphatic rings. The van der Waals surface area contributed by atoms with E-state index >= 15 is 0 Å². The number of nitrogens with zero attached hydrogens (tertiary/aromatic N) is 1. The molecular weight excluding hydrogens is 406 g/mol. The molecule has 0 saturated heterocycles. The van der Waals surface area contributed by atoms with Crippen molar-refractivity contribution in [3.63, 3.8) is 0 Å². The first kappa shape index (κ1) is 19.8. The third-order valence-electron chi connectivity index (χ3n) is 5.34. The Bertz CT molecular complexity index is 1120. The highest BCUT2D eigenvalue weighted by molar-refractivity contribution is 7.18. The summed E-state index contributed by atoms with van der Waals surface area (Å²) in [6.07, 6.45) is -0.316. The van der Waals surface area contributed by atoms with Crippen LogP contribution in [0.4, 0.5) is 5.69 Å². The van der Waals surface area contributed by atoms with Crippen molar-refractivity contribution in [2.45, 2.75) is 32.4 Å². The molecule has 1 aromatic heterocycles. The topological polar surface area (TPSA) is 57.6 Å². The molecule has 1 atom stereocenters. The van der Waals surface area contributed by atoms with Crippen molar-refractivity contribution in [3.8, 4) is 0 Å². The van der Waals surface area contributed by atoms with Gasteiger partial charge in [0.25, 0.3) is 5.91 Å². The van der Waals surface area contributed by atoms with Crippen LogP contribution in [-0.4, -0.2) is 16.8 Å². The molecule has 0 radical (unpaired) electrons. The Hall–Kier alpha value is -2.47. The molecular formula is C23H20ClNO3S. The zero-order valence-corrected chi connectivity index (χ0v) is 17.7. The predicted molar refractivity (Wildman–Crippen MR) is 116 cm³/mol. The highest BCUT2D eigenvalue weighted by atomic mass is 35.5. The summed E-state index contributed by atoms with van der Waals surface area (Å²) >= 11 is 7.08. The number of thiophene rings is 1. The Morgan fingerprint density at radius 2 is 1.90 bits per heavy atom. The largest absolute Gasteiger partial charge is 0.375 e. The van der Waals surface area contributed by atoms with Crippen LogP contribution in [0.2, 0.25) is 4.34 Å². The van der Waals surface area contributed by atoms with Crippen molar-refractivity contribution in [1.82, 2.24) is 0 Å². The molecule has 0 saturated carbocycles. The Labute approximate surface area is 178 Å². The maximum atomic E-state index is 13.4. The number of para-hydroxylation sites is 1. The molecule has 148 valence electrons. The van der Waals surface area contributed by atoms with Gasteiger partial charge in [0.2, 0.25) is 0 Å². The number of Topliss-reactive ketones (excluding diaryl/α,β-unsaturated/α-hetero) is 1. The average Bonchev–Trinajstić information content (AvgIpc) is 3.21. The second-order valence-electron chi connectivity index (χ2n) is 7.40. The molecule has 0 aliphatic carbocycles. The third-order valence-corrected chi connectivity index (χ3v) is 6.61. The van der Waals surface area contributed by atoms with Gasteiger partial charge in [0.05, 0.1) is 27.9 Å². The van der Waals surface area contributed by atoms with Gasteiger partial charge in [-0.3, -0.25) is 9.59 Å². The van der Waals surface area contributed by atoms with Crippen LogP contribution in [0.15, 0.2) is 54.6 Å². The van der Waals surface area contributed by atoms with E-state index in [4.69, 9.17) is 11.6 Å². The Morgan fingerprint density at radius 1 is 1.14 bits per heavy atom. The zero-order valence-electron chi connectivity index (χ0n) is 16.1. The van der Waals surface area contributed by atoms with E-state index in [1.54, 1.807) is 29.2 Å². The number of ketones is 1. The zero-order chi connectivity index (χ0) is 20.8. The molecule has 4 nitrogen and oxygen atoms in total. The van der Waals surface area contributed by atoms with Crippen LogP contribution in [-0.2, 0) is 16.9 Å². The lowest BCUT2D eigenvalue weighted by molar-refractivity contribution is -0.136. The van der Waals surface area contributed by atoms with E-state index in [1.807, 2.05) is 44.2 Å². The minimum Gasteiger partial charge on any atom is -0.375 e. The summed E-state index contributed by atoms with van der Waals surface area (Å²) in [4.78, 5) is 28.1. The first-order valence-corrected chi connectivity index (χ1v) is 10.5. The molecule has 1 amide bonds. The van der Waals surface area contributed by atoms with Crippen molar-refractivity contribution in [2.75, 3.05) is 4.90 Å². The minimum atomic E-state index is -1.89. The number of carbonyl (C=O) groups excluding carboxylic acids is 2. The highest BCUT2D eigenvalue weighted by Gasteiger charge is 2.50. The fraction of sp³-hybridized carbons (Fsp3) is 0.217. The molecule has 0 spiro atoms. The molecule has 2 aromatic carbocycles. The van der Waals surface area contributed by atoms with Crippen molar-refractivity contribution in [3.05, 3.63) is 86.1 Å². The Kier molecular flexibility index (Phi) is 5.07. The number of amides is 1. The lowest BCUT2D eigenvalue weighted by Gasteiger charge is -2.23. The molecule has 0 unspecified atom stereocenters. The number of aliphatic hydroxyl groups is 1. The van der Waals surface area contributed by atoms with Gasteiger partial charge in [0.1, 0.15) is 0 Å². The summed E-state index contributed by atoms with van der Waals surface area (Å²) in [5, 5.41) is 11.4. The Morgan fingerprint density at radius 3 is 2.62 bits per heavy atom. The Balaban J connectivity index is 1.70. The summed E-state index contributed by atoms with van der Waals surface area (Å²) in [6, 6.07) is 16.5. The first-order chi connectivity index (χ1) is 13.8. The SMILES string of the molecule is Cc1ccc(C)c(CN2C(=O)[C@@](O)(CC(=O)c3ccc(Cl)s3)c3ccccc32)c1. The lowest BCUT2D eigenvalue weighted by atomic mass is 9.89. The molecule has 3 aromatic rings. The van der Waals surface area contributed by atoms with Gasteiger partial charge in [0, 0.05) is 5.56 Å². The van der Waals surface area contributed by atoms with Crippen LogP contribution in [0.5, 0.6) is 0 Å². The van der Waals surface area contributed by atoms with Gasteiger partial charge >= 0.3 is 0 Å². The van der Waals surface area contributed by atoms with Gasteiger partial charge < -0.3 is 10.0 Å². The molecule has 0 bridgehead atoms. The fourth-order valence-electron chi connectivity index (χ4n) is 3.76. The van der Waals surface area contributed by atoms with E-state index < -0.39 is 11.5 Å². The van der Waals surface area contributed by atoms with E-state index in [2.05, 4.69) is 0 Å². The smallest absolute Gasteiger partial charge is 0.264 e. The summed E-state index contributed by atoms with van der Waals surface area (Å²) in [6.45, 7) is 4.34. The van der Waals surface area contributed by atoms with Crippen molar-refractivity contribution >= 4 is 40.3 Å². The molecule has 1 N–H and O–H groups in total. The summed E-state index contributed by atoms with van der Waals surface area (Å²) in [5.41, 5.74) is 2.39. The number of fused-ring (bicyclic) bond motifs is 1. The van der Waals surface area contributed by atoms with Gasteiger partial charge in [-0.1, -0.05) is 53.6 Å². The summed E-state index contributed by atoms with van der Waals surface area (Å²) < 4.78 is 0.495. The number of rotatable bonds is 5. The van der Waals surface area contributed by atoms with E-state index in [0.29, 0.717) is 27.0 Å². The first-order valence-electron chi connectivity index (χ1n) is 9.28. The van der Waals surface area contributed by atoms with E-state index in [0.717, 1.165) is 28.0 Å². The second-order valence-corrected chi connectivity index (χ2v) is 9.12. The molecule has 0 fully saturated rings. The van der Waals surface area contributed by atoms with Crippen molar-refractivity contribution in [1.29, 1.82) is 0 Å². The van der Waals surface area contributed by atoms with Gasteiger partial charge in [-0.25, -0.2) is 0 Å². The highest BCUT2D eigenvalue weighted by Crippen LogP contribution is 2.44. The van der Waals surface area contributed by atoms with E-state index in [1.165, 1.54) is 0 Å². The quantitative estimate of drug-likeness (QED) is 0.583. The summed E-state index contributed by atoms with van der Waals surface area (Å²) in [7, 11) is 0. The van der Waals surface area contributed by atoms with E-state index in [-0.39, 0.29) is 12.2 Å². The van der Waals surface area contributed by atoms with Crippen LogP contribution >= 0.6 is 22.9 Å². The van der Waals surface area contributed by atoms with Crippen LogP contribution in [0.3, 0.4) is 0 Å². The molecule has 1 aliphatic heterocycles. The van der Waals surface area contributed by atoms with Crippen molar-refractivity contribution < 1.29 is 14.7 Å². The normalized spacial score (nSPS) is 18.2. The number of anilines is 1. The van der Waals surface area contributed by atoms with Crippen molar-refractivity contribution in [2.24, 2.45) is 0 Å². The number of aryl methyl sites for hydroxylation is 2. The maximum absolute atomic E-state index is 13.4. The second kappa shape index (κ2) is 7.41. The lowest BCUT2D eigenvalue weighted by Crippen LogP contribution is -2.41. The monoisotopic (exact) mass is 425 g/mol. The number of hydrogen-bond acceptors (Lipinski definition) is 4. The summed E-state index contributed by atoms with van der Waals surface area (Å²) in [5.74, 6) is -0.781. The van der Waals surface area contributed by atoms with Gasteiger partial charge in [0.15, 0.2) is 11.4 Å². The van der Waals surface area contributed by atoms with Gasteiger partial charge in [-0.05, 0) is 43.2 Å². The fourth-order valence-corrected chi connectivity index (χ4v) is 4.74. The molecule has 29 heavy (non-hydrogen) atoms. The molecule has 2 heterocycles. The molecule has 6 heteroatoms. The number of hydrogen-bond donors (Lipinski definition) is 1. The average molecular weight is 426 g/mol. The van der Waals surface area contributed by atoms with Crippen LogP contribution in [0, 0.1) is 13.8 Å². The third kappa shape index (κ3) is 3.50. The van der Waals surface area contributed by atoms with Gasteiger partial charge in [-0.2, -0.15) is 0 Å². The van der Waals surface area contributed by atoms with E-state index in [9.17, 15) is 14.7 Å². The standard InChI is InChI=1S/C23H20ClNO3S/c1-14-7-8-15(2)16(11-14)13-25-18-6-4-3-5-17(18)23(28,22(25)27)12-19(26)20-9-10-21(24)29-20/h3-11,28H,12-13H2,1-2H3/t23-/m1/s1. The number of halogens is 1. The minimum absolute atomic E-state index is 0.305. The van der Waals surface area contributed by atoms with Gasteiger partial charge in [-0.15, -0.1) is 11.3 Å². The number of carbonyl (C=O) groups is 2. The maximum Gasteiger partial charge on any atom is 0.264 e. The van der Waals surface area contributed by atoms with Crippen LogP contribution in [0.1, 0.15) is 38.3 Å².